The predicted octanol–water partition coefficient (Wildman–Crippen LogP) is 3.72. The van der Waals surface area contributed by atoms with E-state index in [-0.39, 0.29) is 22.7 Å². The summed E-state index contributed by atoms with van der Waals surface area (Å²) in [5.41, 5.74) is 1.93. The SMILES string of the molecule is C[C@@]12CCC(=O)N1[C@H](C(=O)Nc1ccc(NC(=O)Nc3ccccc3)cc1)CS2. The lowest BCUT2D eigenvalue weighted by atomic mass is 10.2. The molecule has 0 aliphatic carbocycles. The van der Waals surface area contributed by atoms with E-state index < -0.39 is 6.04 Å². The van der Waals surface area contributed by atoms with Gasteiger partial charge in [-0.15, -0.1) is 11.8 Å². The van der Waals surface area contributed by atoms with Crippen molar-refractivity contribution in [2.75, 3.05) is 21.7 Å². The third-order valence-electron chi connectivity index (χ3n) is 5.19. The second kappa shape index (κ2) is 7.79. The van der Waals surface area contributed by atoms with Crippen LogP contribution in [0.4, 0.5) is 21.9 Å². The van der Waals surface area contributed by atoms with E-state index in [9.17, 15) is 14.4 Å². The molecule has 2 heterocycles. The number of amides is 4. The molecule has 2 saturated heterocycles. The molecule has 2 aromatic carbocycles. The number of nitrogens with one attached hydrogen (secondary N) is 3. The van der Waals surface area contributed by atoms with Crippen LogP contribution in [0.5, 0.6) is 0 Å². The highest BCUT2D eigenvalue weighted by Gasteiger charge is 2.52. The molecule has 0 unspecified atom stereocenters. The van der Waals surface area contributed by atoms with Crippen LogP contribution in [-0.2, 0) is 9.59 Å². The lowest BCUT2D eigenvalue weighted by molar-refractivity contribution is -0.135. The lowest BCUT2D eigenvalue weighted by Crippen LogP contribution is -2.48. The molecule has 8 heteroatoms. The second-order valence-corrected chi connectivity index (χ2v) is 8.78. The van der Waals surface area contributed by atoms with Crippen LogP contribution in [0.2, 0.25) is 0 Å². The smallest absolute Gasteiger partial charge is 0.323 e. The molecule has 2 aliphatic heterocycles. The van der Waals surface area contributed by atoms with Crippen molar-refractivity contribution in [1.82, 2.24) is 4.90 Å². The summed E-state index contributed by atoms with van der Waals surface area (Å²) < 4.78 is 0. The molecular formula is C21H22N4O3S. The molecule has 2 aliphatic rings. The van der Waals surface area contributed by atoms with Gasteiger partial charge in [0, 0.05) is 29.2 Å². The summed E-state index contributed by atoms with van der Waals surface area (Å²) in [6, 6.07) is 15.3. The van der Waals surface area contributed by atoms with Crippen molar-refractivity contribution < 1.29 is 14.4 Å². The fourth-order valence-corrected chi connectivity index (χ4v) is 5.12. The third-order valence-corrected chi connectivity index (χ3v) is 6.69. The fraction of sp³-hybridized carbons (Fsp3) is 0.286. The van der Waals surface area contributed by atoms with E-state index >= 15 is 0 Å². The van der Waals surface area contributed by atoms with Gasteiger partial charge < -0.3 is 20.9 Å². The maximum atomic E-state index is 12.7. The Hall–Kier alpha value is -3.00. The normalized spacial score (nSPS) is 22.9. The van der Waals surface area contributed by atoms with Crippen molar-refractivity contribution in [3.05, 3.63) is 54.6 Å². The molecule has 150 valence electrons. The van der Waals surface area contributed by atoms with Crippen LogP contribution < -0.4 is 16.0 Å². The zero-order chi connectivity index (χ0) is 20.4. The van der Waals surface area contributed by atoms with Crippen molar-refractivity contribution in [1.29, 1.82) is 0 Å². The van der Waals surface area contributed by atoms with Crippen molar-refractivity contribution >= 4 is 46.7 Å². The van der Waals surface area contributed by atoms with Gasteiger partial charge in [-0.25, -0.2) is 4.79 Å². The maximum absolute atomic E-state index is 12.7. The first-order valence-electron chi connectivity index (χ1n) is 9.45. The molecule has 3 N–H and O–H groups in total. The molecule has 0 saturated carbocycles. The maximum Gasteiger partial charge on any atom is 0.323 e. The minimum absolute atomic E-state index is 0.0432. The Bertz CT molecular complexity index is 935. The van der Waals surface area contributed by atoms with E-state index in [1.165, 1.54) is 0 Å². The first-order chi connectivity index (χ1) is 13.9. The zero-order valence-corrected chi connectivity index (χ0v) is 16.8. The quantitative estimate of drug-likeness (QED) is 0.716. The number of urea groups is 1. The molecule has 2 fully saturated rings. The third kappa shape index (κ3) is 4.07. The molecule has 29 heavy (non-hydrogen) atoms. The van der Waals surface area contributed by atoms with Gasteiger partial charge in [0.25, 0.3) is 0 Å². The molecule has 0 aromatic heterocycles. The van der Waals surface area contributed by atoms with Crippen LogP contribution in [0.3, 0.4) is 0 Å². The number of thioether (sulfide) groups is 1. The van der Waals surface area contributed by atoms with Gasteiger partial charge in [-0.2, -0.15) is 0 Å². The predicted molar refractivity (Wildman–Crippen MR) is 115 cm³/mol. The number of rotatable bonds is 4. The highest BCUT2D eigenvalue weighted by molar-refractivity contribution is 8.01. The van der Waals surface area contributed by atoms with E-state index in [4.69, 9.17) is 0 Å². The van der Waals surface area contributed by atoms with Crippen LogP contribution in [0, 0.1) is 0 Å². The summed E-state index contributed by atoms with van der Waals surface area (Å²) in [6.45, 7) is 2.02. The lowest BCUT2D eigenvalue weighted by Gasteiger charge is -2.29. The zero-order valence-electron chi connectivity index (χ0n) is 16.0. The number of benzene rings is 2. The van der Waals surface area contributed by atoms with Gasteiger partial charge in [0.15, 0.2) is 0 Å². The Morgan fingerprint density at radius 1 is 0.966 bits per heavy atom. The largest absolute Gasteiger partial charge is 0.324 e. The van der Waals surface area contributed by atoms with Crippen molar-refractivity contribution in [3.63, 3.8) is 0 Å². The summed E-state index contributed by atoms with van der Waals surface area (Å²) >= 11 is 1.67. The van der Waals surface area contributed by atoms with Gasteiger partial charge in [0.1, 0.15) is 6.04 Å². The van der Waals surface area contributed by atoms with E-state index in [1.54, 1.807) is 53.1 Å². The molecule has 7 nitrogen and oxygen atoms in total. The first-order valence-corrected chi connectivity index (χ1v) is 10.4. The van der Waals surface area contributed by atoms with E-state index in [0.717, 1.165) is 6.42 Å². The Kier molecular flexibility index (Phi) is 5.19. The van der Waals surface area contributed by atoms with Crippen LogP contribution >= 0.6 is 11.8 Å². The van der Waals surface area contributed by atoms with Gasteiger partial charge in [-0.1, -0.05) is 18.2 Å². The number of fused-ring (bicyclic) bond motifs is 1. The van der Waals surface area contributed by atoms with Crippen LogP contribution in [-0.4, -0.2) is 39.4 Å². The van der Waals surface area contributed by atoms with E-state index in [0.29, 0.717) is 29.2 Å². The second-order valence-electron chi connectivity index (χ2n) is 7.28. The Morgan fingerprint density at radius 2 is 1.55 bits per heavy atom. The number of hydrogen-bond acceptors (Lipinski definition) is 4. The van der Waals surface area contributed by atoms with Crippen molar-refractivity contribution in [2.24, 2.45) is 0 Å². The summed E-state index contributed by atoms with van der Waals surface area (Å²) in [7, 11) is 0. The molecule has 0 spiro atoms. The molecule has 2 aromatic rings. The Morgan fingerprint density at radius 3 is 2.21 bits per heavy atom. The van der Waals surface area contributed by atoms with Gasteiger partial charge in [0.2, 0.25) is 11.8 Å². The summed E-state index contributed by atoms with van der Waals surface area (Å²) in [5, 5.41) is 8.37. The molecule has 4 amide bonds. The standard InChI is InChI=1S/C21H22N4O3S/c1-21-12-11-18(26)25(21)17(13-29-21)19(27)22-15-7-9-16(10-8-15)24-20(28)23-14-5-3-2-4-6-14/h2-10,17H,11-13H2,1H3,(H,22,27)(H2,23,24,28)/t17-,21+/m0/s1. The van der Waals surface area contributed by atoms with Gasteiger partial charge in [-0.3, -0.25) is 9.59 Å². The minimum atomic E-state index is -0.450. The number of anilines is 3. The monoisotopic (exact) mass is 410 g/mol. The Balaban J connectivity index is 1.34. The highest BCUT2D eigenvalue weighted by atomic mass is 32.2. The van der Waals surface area contributed by atoms with Crippen LogP contribution in [0.1, 0.15) is 19.8 Å². The van der Waals surface area contributed by atoms with Gasteiger partial charge >= 0.3 is 6.03 Å². The number of para-hydroxylation sites is 1. The van der Waals surface area contributed by atoms with E-state index in [1.807, 2.05) is 25.1 Å². The molecule has 0 radical (unpaired) electrons. The average Bonchev–Trinajstić information content (AvgIpc) is 3.20. The first kappa shape index (κ1) is 19.3. The van der Waals surface area contributed by atoms with Crippen LogP contribution in [0.25, 0.3) is 0 Å². The topological polar surface area (TPSA) is 90.5 Å². The summed E-state index contributed by atoms with van der Waals surface area (Å²) in [6.07, 6.45) is 1.28. The number of carbonyl (C=O) groups excluding carboxylic acids is 3. The highest BCUT2D eigenvalue weighted by Crippen LogP contribution is 2.47. The minimum Gasteiger partial charge on any atom is -0.324 e. The molecule has 0 bridgehead atoms. The Labute approximate surface area is 173 Å². The fourth-order valence-electron chi connectivity index (χ4n) is 3.69. The van der Waals surface area contributed by atoms with Crippen molar-refractivity contribution in [2.45, 2.75) is 30.7 Å². The number of hydrogen-bond donors (Lipinski definition) is 3. The van der Waals surface area contributed by atoms with Crippen LogP contribution in [0.15, 0.2) is 54.6 Å². The molecule has 2 atom stereocenters. The average molecular weight is 410 g/mol. The summed E-state index contributed by atoms with van der Waals surface area (Å²) in [5.74, 6) is 0.466. The van der Waals surface area contributed by atoms with Gasteiger partial charge in [0.05, 0.1) is 4.87 Å². The van der Waals surface area contributed by atoms with Gasteiger partial charge in [-0.05, 0) is 49.7 Å². The summed E-state index contributed by atoms with van der Waals surface area (Å²) in [4.78, 5) is 38.4. The van der Waals surface area contributed by atoms with E-state index in [2.05, 4.69) is 16.0 Å². The number of carbonyl (C=O) groups is 3. The molecular weight excluding hydrogens is 388 g/mol. The van der Waals surface area contributed by atoms with Crippen molar-refractivity contribution in [3.8, 4) is 0 Å². The molecule has 4 rings (SSSR count). The number of nitrogens with zero attached hydrogens (tertiary/aromatic N) is 1.